The van der Waals surface area contributed by atoms with Gasteiger partial charge in [0.1, 0.15) is 5.75 Å². The Bertz CT molecular complexity index is 396. The molecule has 0 spiro atoms. The minimum Gasteiger partial charge on any atom is -0.494 e. The van der Waals surface area contributed by atoms with Crippen molar-refractivity contribution < 1.29 is 4.74 Å². The van der Waals surface area contributed by atoms with Crippen molar-refractivity contribution in [2.75, 3.05) is 12.5 Å². The molecule has 1 fully saturated rings. The fraction of sp³-hybridized carbons (Fsp3) is 0.600. The van der Waals surface area contributed by atoms with Crippen LogP contribution in [0.2, 0.25) is 0 Å². The largest absolute Gasteiger partial charge is 0.494 e. The number of rotatable bonds is 5. The molecule has 0 aromatic heterocycles. The second kappa shape index (κ2) is 5.30. The van der Waals surface area contributed by atoms with Crippen molar-refractivity contribution in [2.24, 2.45) is 5.92 Å². The minimum atomic E-state index is 0.533. The standard InChI is InChI=1S/C15H21ClO/c1-4-17-15-8-10(2)13(7-11(15)3)14(9-16)12-5-6-12/h7-8,12,14H,4-6,9H2,1-3H3. The minimum absolute atomic E-state index is 0.533. The summed E-state index contributed by atoms with van der Waals surface area (Å²) in [7, 11) is 0. The van der Waals surface area contributed by atoms with Crippen molar-refractivity contribution in [3.63, 3.8) is 0 Å². The zero-order valence-electron chi connectivity index (χ0n) is 10.9. The van der Waals surface area contributed by atoms with E-state index in [-0.39, 0.29) is 0 Å². The molecule has 1 unspecified atom stereocenters. The summed E-state index contributed by atoms with van der Waals surface area (Å²) in [5.74, 6) is 3.09. The van der Waals surface area contributed by atoms with E-state index < -0.39 is 0 Å². The van der Waals surface area contributed by atoms with Crippen LogP contribution in [-0.2, 0) is 0 Å². The Labute approximate surface area is 109 Å². The van der Waals surface area contributed by atoms with Crippen molar-refractivity contribution in [3.05, 3.63) is 28.8 Å². The SMILES string of the molecule is CCOc1cc(C)c(C(CCl)C2CC2)cc1C. The van der Waals surface area contributed by atoms with Crippen LogP contribution < -0.4 is 4.74 Å². The van der Waals surface area contributed by atoms with E-state index in [0.717, 1.165) is 24.2 Å². The van der Waals surface area contributed by atoms with Gasteiger partial charge in [-0.25, -0.2) is 0 Å². The van der Waals surface area contributed by atoms with Crippen molar-refractivity contribution in [1.82, 2.24) is 0 Å². The van der Waals surface area contributed by atoms with Crippen LogP contribution in [0.4, 0.5) is 0 Å². The van der Waals surface area contributed by atoms with Gasteiger partial charge in [0, 0.05) is 11.8 Å². The lowest BCUT2D eigenvalue weighted by Gasteiger charge is -2.19. The zero-order chi connectivity index (χ0) is 12.4. The quantitative estimate of drug-likeness (QED) is 0.705. The van der Waals surface area contributed by atoms with Crippen LogP contribution in [0.25, 0.3) is 0 Å². The number of hydrogen-bond donors (Lipinski definition) is 0. The summed E-state index contributed by atoms with van der Waals surface area (Å²) >= 11 is 6.13. The van der Waals surface area contributed by atoms with Gasteiger partial charge in [-0.3, -0.25) is 0 Å². The van der Waals surface area contributed by atoms with Crippen LogP contribution in [-0.4, -0.2) is 12.5 Å². The van der Waals surface area contributed by atoms with E-state index >= 15 is 0 Å². The molecule has 0 amide bonds. The second-order valence-corrected chi connectivity index (χ2v) is 5.31. The van der Waals surface area contributed by atoms with E-state index in [9.17, 15) is 0 Å². The topological polar surface area (TPSA) is 9.23 Å². The lowest BCUT2D eigenvalue weighted by molar-refractivity contribution is 0.337. The third-order valence-electron chi connectivity index (χ3n) is 3.62. The summed E-state index contributed by atoms with van der Waals surface area (Å²) in [6, 6.07) is 4.43. The van der Waals surface area contributed by atoms with Gasteiger partial charge in [-0.1, -0.05) is 6.07 Å². The Balaban J connectivity index is 2.30. The molecule has 0 heterocycles. The summed E-state index contributed by atoms with van der Waals surface area (Å²) < 4.78 is 5.63. The highest BCUT2D eigenvalue weighted by Crippen LogP contribution is 2.44. The summed E-state index contributed by atoms with van der Waals surface area (Å²) in [4.78, 5) is 0. The molecule has 2 heteroatoms. The number of ether oxygens (including phenoxy) is 1. The maximum absolute atomic E-state index is 6.13. The molecule has 1 atom stereocenters. The van der Waals surface area contributed by atoms with E-state index in [4.69, 9.17) is 16.3 Å². The number of hydrogen-bond acceptors (Lipinski definition) is 1. The summed E-state index contributed by atoms with van der Waals surface area (Å²) in [6.07, 6.45) is 2.67. The van der Waals surface area contributed by atoms with Crippen LogP contribution >= 0.6 is 11.6 Å². The average Bonchev–Trinajstić information content (AvgIpc) is 3.10. The molecule has 1 aliphatic rings. The molecule has 1 aliphatic carbocycles. The molecule has 94 valence electrons. The van der Waals surface area contributed by atoms with Crippen molar-refractivity contribution in [2.45, 2.75) is 39.5 Å². The molecule has 2 rings (SSSR count). The molecule has 1 saturated carbocycles. The predicted molar refractivity (Wildman–Crippen MR) is 73.3 cm³/mol. The zero-order valence-corrected chi connectivity index (χ0v) is 11.7. The molecule has 1 aromatic rings. The lowest BCUT2D eigenvalue weighted by Crippen LogP contribution is -2.06. The predicted octanol–water partition coefficient (Wildman–Crippen LogP) is 4.43. The highest BCUT2D eigenvalue weighted by Gasteiger charge is 2.32. The van der Waals surface area contributed by atoms with Gasteiger partial charge >= 0.3 is 0 Å². The van der Waals surface area contributed by atoms with Gasteiger partial charge in [-0.15, -0.1) is 11.6 Å². The fourth-order valence-electron chi connectivity index (χ4n) is 2.48. The second-order valence-electron chi connectivity index (χ2n) is 5.01. The molecular weight excluding hydrogens is 232 g/mol. The first-order valence-electron chi connectivity index (χ1n) is 6.47. The monoisotopic (exact) mass is 252 g/mol. The van der Waals surface area contributed by atoms with Gasteiger partial charge in [-0.05, 0) is 62.3 Å². The Hall–Kier alpha value is -0.690. The summed E-state index contributed by atoms with van der Waals surface area (Å²) in [5.41, 5.74) is 3.96. The van der Waals surface area contributed by atoms with Crippen LogP contribution in [0.1, 0.15) is 42.4 Å². The van der Waals surface area contributed by atoms with Crippen LogP contribution in [0.3, 0.4) is 0 Å². The molecule has 17 heavy (non-hydrogen) atoms. The highest BCUT2D eigenvalue weighted by molar-refractivity contribution is 6.18. The summed E-state index contributed by atoms with van der Waals surface area (Å²) in [6.45, 7) is 7.03. The van der Waals surface area contributed by atoms with Crippen LogP contribution in [0.15, 0.2) is 12.1 Å². The van der Waals surface area contributed by atoms with Crippen LogP contribution in [0.5, 0.6) is 5.75 Å². The smallest absolute Gasteiger partial charge is 0.122 e. The lowest BCUT2D eigenvalue weighted by atomic mass is 9.90. The van der Waals surface area contributed by atoms with Gasteiger partial charge < -0.3 is 4.74 Å². The Morgan fingerprint density at radius 2 is 2.00 bits per heavy atom. The van der Waals surface area contributed by atoms with E-state index in [0.29, 0.717) is 5.92 Å². The van der Waals surface area contributed by atoms with Crippen molar-refractivity contribution in [3.8, 4) is 5.75 Å². The molecule has 1 nitrogen and oxygen atoms in total. The molecule has 0 radical (unpaired) electrons. The number of aryl methyl sites for hydroxylation is 2. The third kappa shape index (κ3) is 2.77. The van der Waals surface area contributed by atoms with E-state index in [2.05, 4.69) is 26.0 Å². The number of alkyl halides is 1. The Kier molecular flexibility index (Phi) is 3.98. The van der Waals surface area contributed by atoms with Crippen molar-refractivity contribution >= 4 is 11.6 Å². The molecule has 0 bridgehead atoms. The molecule has 0 saturated heterocycles. The maximum Gasteiger partial charge on any atom is 0.122 e. The first-order valence-corrected chi connectivity index (χ1v) is 7.00. The van der Waals surface area contributed by atoms with Crippen LogP contribution in [0, 0.1) is 19.8 Å². The van der Waals surface area contributed by atoms with Gasteiger partial charge in [0.05, 0.1) is 6.61 Å². The maximum atomic E-state index is 6.13. The number of benzene rings is 1. The Morgan fingerprint density at radius 1 is 1.29 bits per heavy atom. The normalized spacial score (nSPS) is 16.9. The van der Waals surface area contributed by atoms with E-state index in [1.807, 2.05) is 6.92 Å². The van der Waals surface area contributed by atoms with Gasteiger partial charge in [-0.2, -0.15) is 0 Å². The van der Waals surface area contributed by atoms with Gasteiger partial charge in [0.15, 0.2) is 0 Å². The molecular formula is C15H21ClO. The molecule has 1 aromatic carbocycles. The number of halogens is 1. The fourth-order valence-corrected chi connectivity index (χ4v) is 2.90. The summed E-state index contributed by atoms with van der Waals surface area (Å²) in [5, 5.41) is 0. The van der Waals surface area contributed by atoms with E-state index in [1.54, 1.807) is 0 Å². The Morgan fingerprint density at radius 3 is 2.53 bits per heavy atom. The van der Waals surface area contributed by atoms with Crippen molar-refractivity contribution in [1.29, 1.82) is 0 Å². The molecule has 0 aliphatic heterocycles. The first kappa shape index (κ1) is 12.8. The third-order valence-corrected chi connectivity index (χ3v) is 3.95. The van der Waals surface area contributed by atoms with E-state index in [1.165, 1.54) is 29.5 Å². The first-order chi connectivity index (χ1) is 8.17. The molecule has 0 N–H and O–H groups in total. The van der Waals surface area contributed by atoms with Gasteiger partial charge in [0.2, 0.25) is 0 Å². The highest BCUT2D eigenvalue weighted by atomic mass is 35.5. The average molecular weight is 253 g/mol. The van der Waals surface area contributed by atoms with Gasteiger partial charge in [0.25, 0.3) is 0 Å².